The summed E-state index contributed by atoms with van der Waals surface area (Å²) < 4.78 is 25.5. The first-order valence-electron chi connectivity index (χ1n) is 8.12. The van der Waals surface area contributed by atoms with Crippen molar-refractivity contribution >= 4 is 33.2 Å². The summed E-state index contributed by atoms with van der Waals surface area (Å²) in [6.07, 6.45) is 1.03. The number of hydrogen-bond donors (Lipinski definition) is 2. The quantitative estimate of drug-likeness (QED) is 0.833. The van der Waals surface area contributed by atoms with Gasteiger partial charge in [-0.3, -0.25) is 9.52 Å². The normalized spacial score (nSPS) is 20.2. The van der Waals surface area contributed by atoms with Crippen LogP contribution in [0.4, 0.5) is 5.69 Å². The lowest BCUT2D eigenvalue weighted by Crippen LogP contribution is -2.32. The van der Waals surface area contributed by atoms with Crippen LogP contribution < -0.4 is 10.5 Å². The first-order chi connectivity index (χ1) is 12.2. The van der Waals surface area contributed by atoms with Crippen LogP contribution in [-0.2, 0) is 10.0 Å². The van der Waals surface area contributed by atoms with Crippen molar-refractivity contribution in [3.63, 3.8) is 0 Å². The molecule has 2 atom stereocenters. The molecule has 1 saturated heterocycles. The molecule has 1 aliphatic heterocycles. The largest absolute Gasteiger partial charge is 0.336 e. The number of anilines is 1. The van der Waals surface area contributed by atoms with Crippen LogP contribution in [0.3, 0.4) is 0 Å². The number of nitrogens with two attached hydrogens (primary N) is 1. The molecule has 0 saturated carbocycles. The SMILES string of the molecule is CS(=O)(=O)Nc1ccc(Cl)cc1C(=O)N1C[C@@H](N)[C@H](c2ccccc2)C1. The van der Waals surface area contributed by atoms with Crippen molar-refractivity contribution in [3.05, 3.63) is 64.7 Å². The molecule has 26 heavy (non-hydrogen) atoms. The van der Waals surface area contributed by atoms with E-state index < -0.39 is 10.0 Å². The van der Waals surface area contributed by atoms with Gasteiger partial charge in [-0.2, -0.15) is 0 Å². The molecular formula is C18H20ClN3O3S. The summed E-state index contributed by atoms with van der Waals surface area (Å²) in [5.74, 6) is -0.266. The minimum Gasteiger partial charge on any atom is -0.336 e. The second-order valence-corrected chi connectivity index (χ2v) is 8.64. The number of nitrogens with zero attached hydrogens (tertiary/aromatic N) is 1. The molecule has 1 fully saturated rings. The maximum atomic E-state index is 13.0. The first-order valence-corrected chi connectivity index (χ1v) is 10.4. The van der Waals surface area contributed by atoms with E-state index in [2.05, 4.69) is 4.72 Å². The maximum absolute atomic E-state index is 13.0. The zero-order valence-corrected chi connectivity index (χ0v) is 15.8. The highest BCUT2D eigenvalue weighted by molar-refractivity contribution is 7.92. The molecule has 1 aliphatic rings. The van der Waals surface area contributed by atoms with E-state index in [-0.39, 0.29) is 29.1 Å². The van der Waals surface area contributed by atoms with Gasteiger partial charge in [-0.05, 0) is 23.8 Å². The van der Waals surface area contributed by atoms with Gasteiger partial charge >= 0.3 is 0 Å². The predicted molar refractivity (Wildman–Crippen MR) is 103 cm³/mol. The Labute approximate surface area is 158 Å². The van der Waals surface area contributed by atoms with Gasteiger partial charge in [0.1, 0.15) is 0 Å². The van der Waals surface area contributed by atoms with Crippen LogP contribution >= 0.6 is 11.6 Å². The molecule has 0 bridgehead atoms. The van der Waals surface area contributed by atoms with Crippen LogP contribution in [0.25, 0.3) is 0 Å². The standard InChI is InChI=1S/C18H20ClN3O3S/c1-26(24,25)21-17-8-7-13(19)9-14(17)18(23)22-10-15(16(20)11-22)12-5-3-2-4-6-12/h2-9,15-16,21H,10-11,20H2,1H3/t15-,16+/m0/s1. The topological polar surface area (TPSA) is 92.5 Å². The second-order valence-electron chi connectivity index (χ2n) is 6.46. The third kappa shape index (κ3) is 4.17. The zero-order valence-electron chi connectivity index (χ0n) is 14.2. The third-order valence-corrected chi connectivity index (χ3v) is 5.21. The lowest BCUT2D eigenvalue weighted by Gasteiger charge is -2.19. The Kier molecular flexibility index (Phi) is 5.22. The van der Waals surface area contributed by atoms with E-state index in [1.54, 1.807) is 4.90 Å². The fourth-order valence-electron chi connectivity index (χ4n) is 3.20. The maximum Gasteiger partial charge on any atom is 0.256 e. The highest BCUT2D eigenvalue weighted by Gasteiger charge is 2.35. The van der Waals surface area contributed by atoms with Gasteiger partial charge < -0.3 is 10.6 Å². The number of nitrogens with one attached hydrogen (secondary N) is 1. The summed E-state index contributed by atoms with van der Waals surface area (Å²) in [6, 6.07) is 14.1. The molecule has 1 amide bonds. The van der Waals surface area contributed by atoms with Crippen molar-refractivity contribution in [1.29, 1.82) is 0 Å². The molecule has 3 N–H and O–H groups in total. The Morgan fingerprint density at radius 2 is 1.88 bits per heavy atom. The van der Waals surface area contributed by atoms with Crippen molar-refractivity contribution in [2.75, 3.05) is 24.1 Å². The summed E-state index contributed by atoms with van der Waals surface area (Å²) in [4.78, 5) is 14.6. The van der Waals surface area contributed by atoms with Gasteiger partial charge in [-0.15, -0.1) is 0 Å². The summed E-state index contributed by atoms with van der Waals surface area (Å²) in [5.41, 5.74) is 7.75. The number of carbonyl (C=O) groups excluding carboxylic acids is 1. The molecule has 0 aliphatic carbocycles. The number of amides is 1. The Morgan fingerprint density at radius 1 is 1.19 bits per heavy atom. The minimum absolute atomic E-state index is 0.0330. The molecule has 0 radical (unpaired) electrons. The summed E-state index contributed by atoms with van der Waals surface area (Å²) >= 11 is 6.02. The number of carbonyl (C=O) groups is 1. The van der Waals surface area contributed by atoms with Crippen LogP contribution in [0.2, 0.25) is 5.02 Å². The van der Waals surface area contributed by atoms with Crippen LogP contribution in [0, 0.1) is 0 Å². The number of halogens is 1. The smallest absolute Gasteiger partial charge is 0.256 e. The van der Waals surface area contributed by atoms with Crippen LogP contribution in [0.1, 0.15) is 21.8 Å². The van der Waals surface area contributed by atoms with Crippen molar-refractivity contribution < 1.29 is 13.2 Å². The molecule has 2 aromatic rings. The summed E-state index contributed by atoms with van der Waals surface area (Å²) in [5, 5.41) is 0.357. The monoisotopic (exact) mass is 393 g/mol. The average molecular weight is 394 g/mol. The fourth-order valence-corrected chi connectivity index (χ4v) is 3.95. The zero-order chi connectivity index (χ0) is 18.9. The Balaban J connectivity index is 1.87. The molecule has 3 rings (SSSR count). The Hall–Kier alpha value is -2.09. The van der Waals surface area contributed by atoms with Gasteiger partial charge in [-0.1, -0.05) is 41.9 Å². The van der Waals surface area contributed by atoms with E-state index in [1.165, 1.54) is 18.2 Å². The molecular weight excluding hydrogens is 374 g/mol. The second kappa shape index (κ2) is 7.26. The van der Waals surface area contributed by atoms with E-state index >= 15 is 0 Å². The molecule has 0 unspecified atom stereocenters. The molecule has 138 valence electrons. The molecule has 0 spiro atoms. The molecule has 6 nitrogen and oxygen atoms in total. The lowest BCUT2D eigenvalue weighted by molar-refractivity contribution is 0.0790. The van der Waals surface area contributed by atoms with Gasteiger partial charge in [-0.25, -0.2) is 8.42 Å². The molecule has 1 heterocycles. The van der Waals surface area contributed by atoms with Crippen LogP contribution in [-0.4, -0.2) is 44.6 Å². The van der Waals surface area contributed by atoms with E-state index in [4.69, 9.17) is 17.3 Å². The summed E-state index contributed by atoms with van der Waals surface area (Å²) in [7, 11) is -3.52. The van der Waals surface area contributed by atoms with E-state index in [9.17, 15) is 13.2 Å². The van der Waals surface area contributed by atoms with E-state index in [1.807, 2.05) is 30.3 Å². The van der Waals surface area contributed by atoms with Gasteiger partial charge in [0, 0.05) is 30.1 Å². The Bertz CT molecular complexity index is 919. The van der Waals surface area contributed by atoms with Crippen molar-refractivity contribution in [3.8, 4) is 0 Å². The molecule has 8 heteroatoms. The summed E-state index contributed by atoms with van der Waals surface area (Å²) in [6.45, 7) is 0.859. The van der Waals surface area contributed by atoms with Crippen molar-refractivity contribution in [2.45, 2.75) is 12.0 Å². The predicted octanol–water partition coefficient (Wildman–Crippen LogP) is 2.28. The fraction of sp³-hybridized carbons (Fsp3) is 0.278. The van der Waals surface area contributed by atoms with Crippen molar-refractivity contribution in [2.24, 2.45) is 5.73 Å². The van der Waals surface area contributed by atoms with E-state index in [0.717, 1.165) is 11.8 Å². The molecule has 0 aromatic heterocycles. The van der Waals surface area contributed by atoms with Crippen LogP contribution in [0.15, 0.2) is 48.5 Å². The number of likely N-dealkylation sites (tertiary alicyclic amines) is 1. The average Bonchev–Trinajstić information content (AvgIpc) is 2.97. The minimum atomic E-state index is -3.52. The van der Waals surface area contributed by atoms with Gasteiger partial charge in [0.25, 0.3) is 5.91 Å². The number of hydrogen-bond acceptors (Lipinski definition) is 4. The van der Waals surface area contributed by atoms with E-state index in [0.29, 0.717) is 18.1 Å². The third-order valence-electron chi connectivity index (χ3n) is 4.39. The molecule has 2 aromatic carbocycles. The number of benzene rings is 2. The lowest BCUT2D eigenvalue weighted by atomic mass is 9.95. The number of sulfonamides is 1. The van der Waals surface area contributed by atoms with Gasteiger partial charge in [0.15, 0.2) is 0 Å². The van der Waals surface area contributed by atoms with Crippen molar-refractivity contribution in [1.82, 2.24) is 4.90 Å². The van der Waals surface area contributed by atoms with Crippen LogP contribution in [0.5, 0.6) is 0 Å². The highest BCUT2D eigenvalue weighted by atomic mass is 35.5. The first kappa shape index (κ1) is 18.7. The highest BCUT2D eigenvalue weighted by Crippen LogP contribution is 2.30. The number of rotatable bonds is 4. The van der Waals surface area contributed by atoms with Gasteiger partial charge in [0.05, 0.1) is 17.5 Å². The van der Waals surface area contributed by atoms with Gasteiger partial charge in [0.2, 0.25) is 10.0 Å². The Morgan fingerprint density at radius 3 is 2.54 bits per heavy atom.